The Morgan fingerprint density at radius 3 is 2.92 bits per heavy atom. The van der Waals surface area contributed by atoms with E-state index in [4.69, 9.17) is 14.5 Å². The molecule has 1 aliphatic carbocycles. The summed E-state index contributed by atoms with van der Waals surface area (Å²) in [5, 5.41) is 22.2. The average molecular weight is 492 g/mol. The van der Waals surface area contributed by atoms with Crippen molar-refractivity contribution in [1.29, 1.82) is 0 Å². The highest BCUT2D eigenvalue weighted by atomic mass is 16.5. The van der Waals surface area contributed by atoms with Crippen LogP contribution in [-0.4, -0.2) is 80.8 Å². The number of rotatable bonds is 6. The zero-order chi connectivity index (χ0) is 24.8. The van der Waals surface area contributed by atoms with Crippen molar-refractivity contribution < 1.29 is 19.4 Å². The molecule has 1 aliphatic heterocycles. The van der Waals surface area contributed by atoms with Crippen molar-refractivity contribution in [3.63, 3.8) is 0 Å². The second kappa shape index (κ2) is 9.16. The Hall–Kier alpha value is -3.54. The minimum absolute atomic E-state index is 0.0145. The molecule has 11 heteroatoms. The van der Waals surface area contributed by atoms with Crippen LogP contribution in [0, 0.1) is 0 Å². The number of hydrogen-bond donors (Lipinski definition) is 3. The fourth-order valence-electron chi connectivity index (χ4n) is 5.18. The molecule has 0 bridgehead atoms. The first-order valence-corrected chi connectivity index (χ1v) is 12.2. The Balaban J connectivity index is 1.45. The molecule has 3 N–H and O–H groups in total. The van der Waals surface area contributed by atoms with Crippen molar-refractivity contribution in [2.45, 2.75) is 43.6 Å². The maximum Gasteiger partial charge on any atom is 0.257 e. The summed E-state index contributed by atoms with van der Waals surface area (Å²) in [7, 11) is 3.47. The van der Waals surface area contributed by atoms with Crippen LogP contribution in [0.2, 0.25) is 0 Å². The summed E-state index contributed by atoms with van der Waals surface area (Å²) in [6, 6.07) is 5.62. The van der Waals surface area contributed by atoms with E-state index in [1.165, 1.54) is 0 Å². The first-order chi connectivity index (χ1) is 17.6. The molecule has 4 atom stereocenters. The molecule has 6 rings (SSSR count). The number of carbonyl (C=O) groups excluding carboxylic acids is 1. The van der Waals surface area contributed by atoms with Gasteiger partial charge in [0.2, 0.25) is 0 Å². The fraction of sp³-hybridized carbons (Fsp3) is 0.440. The number of methoxy groups -OCH3 is 1. The number of anilines is 1. The summed E-state index contributed by atoms with van der Waals surface area (Å²) in [5.74, 6) is 0.473. The second-order valence-corrected chi connectivity index (χ2v) is 9.32. The third kappa shape index (κ3) is 3.71. The molecule has 2 aliphatic rings. The molecular weight excluding hydrogens is 462 g/mol. The monoisotopic (exact) mass is 491 g/mol. The van der Waals surface area contributed by atoms with E-state index in [0.717, 1.165) is 29.4 Å². The van der Waals surface area contributed by atoms with Gasteiger partial charge in [0.1, 0.15) is 17.0 Å². The number of aliphatic hydroxyl groups is 1. The maximum atomic E-state index is 13.2. The summed E-state index contributed by atoms with van der Waals surface area (Å²) < 4.78 is 14.5. The molecule has 1 saturated carbocycles. The largest absolute Gasteiger partial charge is 0.389 e. The molecular formula is C25H29N7O4. The molecule has 0 aromatic carbocycles. The number of hydrogen-bond acceptors (Lipinski definition) is 8. The number of ether oxygens (including phenoxy) is 2. The molecule has 4 aromatic rings. The van der Waals surface area contributed by atoms with Crippen LogP contribution < -0.4 is 10.6 Å². The number of carbonyl (C=O) groups is 1. The van der Waals surface area contributed by atoms with E-state index in [0.29, 0.717) is 42.4 Å². The first-order valence-electron chi connectivity index (χ1n) is 12.2. The topological polar surface area (TPSA) is 128 Å². The Morgan fingerprint density at radius 2 is 2.17 bits per heavy atom. The lowest BCUT2D eigenvalue weighted by atomic mass is 9.89. The van der Waals surface area contributed by atoms with E-state index < -0.39 is 6.10 Å². The molecule has 5 heterocycles. The molecule has 11 nitrogen and oxygen atoms in total. The van der Waals surface area contributed by atoms with Gasteiger partial charge in [0.05, 0.1) is 42.8 Å². The van der Waals surface area contributed by atoms with E-state index in [1.807, 2.05) is 29.0 Å². The van der Waals surface area contributed by atoms with Crippen molar-refractivity contribution in [3.8, 4) is 11.3 Å². The van der Waals surface area contributed by atoms with E-state index in [9.17, 15) is 9.90 Å². The predicted octanol–water partition coefficient (Wildman–Crippen LogP) is 2.02. The highest BCUT2D eigenvalue weighted by Crippen LogP contribution is 2.35. The van der Waals surface area contributed by atoms with Crippen LogP contribution in [0.1, 0.15) is 35.7 Å². The zero-order valence-electron chi connectivity index (χ0n) is 20.2. The van der Waals surface area contributed by atoms with Crippen LogP contribution in [-0.2, 0) is 9.47 Å². The third-order valence-electron chi connectivity index (χ3n) is 7.32. The number of pyridine rings is 1. The molecule has 4 aromatic heterocycles. The minimum Gasteiger partial charge on any atom is -0.389 e. The van der Waals surface area contributed by atoms with Gasteiger partial charge in [-0.3, -0.25) is 4.79 Å². The molecule has 1 amide bonds. The van der Waals surface area contributed by atoms with Gasteiger partial charge in [0.15, 0.2) is 5.65 Å². The maximum absolute atomic E-state index is 13.2. The second-order valence-electron chi connectivity index (χ2n) is 9.32. The summed E-state index contributed by atoms with van der Waals surface area (Å²) in [6.45, 7) is 0.872. The Bertz CT molecular complexity index is 1430. The van der Waals surface area contributed by atoms with Gasteiger partial charge in [-0.2, -0.15) is 9.61 Å². The van der Waals surface area contributed by atoms with E-state index in [-0.39, 0.29) is 24.1 Å². The highest BCUT2D eigenvalue weighted by Gasteiger charge is 2.33. The number of aromatic nitrogens is 5. The first kappa shape index (κ1) is 22.9. The number of amides is 1. The molecule has 0 spiro atoms. The lowest BCUT2D eigenvalue weighted by Crippen LogP contribution is -2.51. The molecule has 0 radical (unpaired) electrons. The van der Waals surface area contributed by atoms with Crippen molar-refractivity contribution in [2.75, 3.05) is 32.7 Å². The van der Waals surface area contributed by atoms with Crippen LogP contribution in [0.5, 0.6) is 0 Å². The van der Waals surface area contributed by atoms with Crippen LogP contribution in [0.25, 0.3) is 27.9 Å². The Labute approximate surface area is 207 Å². The smallest absolute Gasteiger partial charge is 0.257 e. The Kier molecular flexibility index (Phi) is 5.82. The number of fused-ring (bicyclic) bond motifs is 2. The molecule has 36 heavy (non-hydrogen) atoms. The zero-order valence-corrected chi connectivity index (χ0v) is 20.2. The minimum atomic E-state index is -0.625. The normalized spacial score (nSPS) is 24.1. The van der Waals surface area contributed by atoms with Crippen LogP contribution in [0.15, 0.2) is 36.8 Å². The van der Waals surface area contributed by atoms with Crippen LogP contribution >= 0.6 is 0 Å². The lowest BCUT2D eigenvalue weighted by Gasteiger charge is -2.35. The standard InChI is InChI=1S/C25H29N7O4/c1-26-22-10-18(29-24-15(11-28-32(22)24)25(34)30-17-5-6-21(17)35-2)16-12-31(19-7-9-36-13-20(19)33)23-14(16)4-3-8-27-23/h3-4,8,10-12,17,19-21,26,33H,5-7,9,13H2,1-2H3,(H,30,34)/t17?,19-,20-,21-/m0/s1. The SMILES string of the molecule is CNc1cc(-c2cn([C@H]3CCOC[C@@H]3O)c3ncccc23)nc2c(C(=O)NC3CC[C@@H]3OC)cnn12. The van der Waals surface area contributed by atoms with Crippen LogP contribution in [0.3, 0.4) is 0 Å². The average Bonchev–Trinajstić information content (AvgIpc) is 3.49. The summed E-state index contributed by atoms with van der Waals surface area (Å²) in [4.78, 5) is 22.7. The predicted molar refractivity (Wildman–Crippen MR) is 133 cm³/mol. The fourth-order valence-corrected chi connectivity index (χ4v) is 5.18. The van der Waals surface area contributed by atoms with E-state index >= 15 is 0 Å². The highest BCUT2D eigenvalue weighted by molar-refractivity contribution is 6.01. The van der Waals surface area contributed by atoms with E-state index in [1.54, 1.807) is 31.1 Å². The van der Waals surface area contributed by atoms with Crippen molar-refractivity contribution in [1.82, 2.24) is 29.5 Å². The van der Waals surface area contributed by atoms with Gasteiger partial charge in [-0.1, -0.05) is 0 Å². The summed E-state index contributed by atoms with van der Waals surface area (Å²) >= 11 is 0. The van der Waals surface area contributed by atoms with Crippen molar-refractivity contribution in [3.05, 3.63) is 42.4 Å². The van der Waals surface area contributed by atoms with Crippen molar-refractivity contribution in [2.24, 2.45) is 0 Å². The number of nitrogens with zero attached hydrogens (tertiary/aromatic N) is 5. The van der Waals surface area contributed by atoms with Gasteiger partial charge < -0.3 is 29.8 Å². The quantitative estimate of drug-likeness (QED) is 0.374. The van der Waals surface area contributed by atoms with Gasteiger partial charge in [0.25, 0.3) is 5.91 Å². The van der Waals surface area contributed by atoms with Gasteiger partial charge in [-0.15, -0.1) is 0 Å². The Morgan fingerprint density at radius 1 is 1.28 bits per heavy atom. The van der Waals surface area contributed by atoms with Gasteiger partial charge in [-0.25, -0.2) is 9.97 Å². The van der Waals surface area contributed by atoms with E-state index in [2.05, 4.69) is 20.7 Å². The molecule has 188 valence electrons. The molecule has 2 fully saturated rings. The summed E-state index contributed by atoms with van der Waals surface area (Å²) in [6.07, 6.45) is 7.19. The lowest BCUT2D eigenvalue weighted by molar-refractivity contribution is -0.0375. The van der Waals surface area contributed by atoms with Crippen molar-refractivity contribution >= 4 is 28.4 Å². The third-order valence-corrected chi connectivity index (χ3v) is 7.32. The molecule has 1 saturated heterocycles. The van der Waals surface area contributed by atoms with Gasteiger partial charge in [-0.05, 0) is 31.4 Å². The van der Waals surface area contributed by atoms with Gasteiger partial charge in [0, 0.05) is 50.2 Å². The summed E-state index contributed by atoms with van der Waals surface area (Å²) in [5.41, 5.74) is 3.17. The molecule has 1 unspecified atom stereocenters. The number of aliphatic hydroxyl groups excluding tert-OH is 1. The number of nitrogens with one attached hydrogen (secondary N) is 2. The van der Waals surface area contributed by atoms with Gasteiger partial charge >= 0.3 is 0 Å². The van der Waals surface area contributed by atoms with Crippen LogP contribution in [0.4, 0.5) is 5.82 Å².